The van der Waals surface area contributed by atoms with Crippen molar-refractivity contribution in [2.24, 2.45) is 0 Å². The van der Waals surface area contributed by atoms with Gasteiger partial charge in [0.1, 0.15) is 6.33 Å². The van der Waals surface area contributed by atoms with Gasteiger partial charge in [0, 0.05) is 18.3 Å². The lowest BCUT2D eigenvalue weighted by molar-refractivity contribution is 0.216. The average molecular weight is 342 g/mol. The quantitative estimate of drug-likeness (QED) is 0.806. The molecule has 0 bridgehead atoms. The molecule has 0 spiro atoms. The molecule has 2 amide bonds. The topological polar surface area (TPSA) is 75.1 Å². The Bertz CT molecular complexity index is 665. The predicted octanol–water partition coefficient (Wildman–Crippen LogP) is 1.94. The number of carbonyl (C=O) groups excluding carboxylic acids is 1. The SMILES string of the molecule is CCC(CNC(=O)NCc1nncn1-c1ccccc1)N1CCCC1. The molecule has 1 aliphatic rings. The van der Waals surface area contributed by atoms with Gasteiger partial charge in [-0.1, -0.05) is 25.1 Å². The molecule has 1 fully saturated rings. The van der Waals surface area contributed by atoms with E-state index in [0.717, 1.165) is 25.2 Å². The average Bonchev–Trinajstić information content (AvgIpc) is 3.33. The van der Waals surface area contributed by atoms with Crippen LogP contribution in [0.2, 0.25) is 0 Å². The highest BCUT2D eigenvalue weighted by molar-refractivity contribution is 5.73. The van der Waals surface area contributed by atoms with E-state index < -0.39 is 0 Å². The predicted molar refractivity (Wildman–Crippen MR) is 96.5 cm³/mol. The molecule has 1 aliphatic heterocycles. The van der Waals surface area contributed by atoms with Gasteiger partial charge in [-0.3, -0.25) is 9.47 Å². The third-order valence-corrected chi connectivity index (χ3v) is 4.69. The maximum atomic E-state index is 12.1. The van der Waals surface area contributed by atoms with Crippen molar-refractivity contribution in [2.75, 3.05) is 19.6 Å². The first-order valence-electron chi connectivity index (χ1n) is 8.98. The fourth-order valence-electron chi connectivity index (χ4n) is 3.25. The maximum Gasteiger partial charge on any atom is 0.315 e. The summed E-state index contributed by atoms with van der Waals surface area (Å²) in [5.74, 6) is 0.702. The molecule has 0 saturated carbocycles. The van der Waals surface area contributed by atoms with Crippen molar-refractivity contribution in [2.45, 2.75) is 38.8 Å². The van der Waals surface area contributed by atoms with Gasteiger partial charge in [-0.05, 0) is 44.5 Å². The molecule has 2 aromatic rings. The molecule has 134 valence electrons. The Hall–Kier alpha value is -2.41. The van der Waals surface area contributed by atoms with Crippen LogP contribution in [0.15, 0.2) is 36.7 Å². The third-order valence-electron chi connectivity index (χ3n) is 4.69. The van der Waals surface area contributed by atoms with Gasteiger partial charge in [0.15, 0.2) is 5.82 Å². The number of nitrogens with zero attached hydrogens (tertiary/aromatic N) is 4. The lowest BCUT2D eigenvalue weighted by Crippen LogP contribution is -2.45. The van der Waals surface area contributed by atoms with Gasteiger partial charge in [-0.15, -0.1) is 10.2 Å². The summed E-state index contributed by atoms with van der Waals surface area (Å²) in [7, 11) is 0. The van der Waals surface area contributed by atoms with Gasteiger partial charge in [0.25, 0.3) is 0 Å². The number of aromatic nitrogens is 3. The van der Waals surface area contributed by atoms with E-state index in [1.54, 1.807) is 6.33 Å². The second-order valence-corrected chi connectivity index (χ2v) is 6.32. The van der Waals surface area contributed by atoms with Crippen LogP contribution in [0, 0.1) is 0 Å². The number of hydrogen-bond donors (Lipinski definition) is 2. The van der Waals surface area contributed by atoms with E-state index in [1.807, 2.05) is 34.9 Å². The lowest BCUT2D eigenvalue weighted by Gasteiger charge is -2.26. The molecular weight excluding hydrogens is 316 g/mol. The van der Waals surface area contributed by atoms with Crippen LogP contribution in [-0.4, -0.2) is 51.4 Å². The summed E-state index contributed by atoms with van der Waals surface area (Å²) >= 11 is 0. The Balaban J connectivity index is 1.49. The van der Waals surface area contributed by atoms with Crippen molar-refractivity contribution >= 4 is 6.03 Å². The first-order chi connectivity index (χ1) is 12.3. The number of para-hydroxylation sites is 1. The monoisotopic (exact) mass is 342 g/mol. The number of nitrogens with one attached hydrogen (secondary N) is 2. The van der Waals surface area contributed by atoms with Crippen molar-refractivity contribution in [1.82, 2.24) is 30.3 Å². The fourth-order valence-corrected chi connectivity index (χ4v) is 3.25. The molecule has 25 heavy (non-hydrogen) atoms. The van der Waals surface area contributed by atoms with E-state index in [9.17, 15) is 4.79 Å². The van der Waals surface area contributed by atoms with E-state index >= 15 is 0 Å². The summed E-state index contributed by atoms with van der Waals surface area (Å²) in [6.45, 7) is 5.46. The van der Waals surface area contributed by atoms with Crippen LogP contribution in [0.25, 0.3) is 5.69 Å². The summed E-state index contributed by atoms with van der Waals surface area (Å²) in [5, 5.41) is 13.9. The zero-order chi connectivity index (χ0) is 17.5. The van der Waals surface area contributed by atoms with Crippen LogP contribution in [-0.2, 0) is 6.54 Å². The van der Waals surface area contributed by atoms with Crippen molar-refractivity contribution in [3.63, 3.8) is 0 Å². The summed E-state index contributed by atoms with van der Waals surface area (Å²) in [6.07, 6.45) is 5.23. The minimum atomic E-state index is -0.166. The summed E-state index contributed by atoms with van der Waals surface area (Å²) in [5.41, 5.74) is 0.977. The van der Waals surface area contributed by atoms with Crippen molar-refractivity contribution in [1.29, 1.82) is 0 Å². The number of rotatable bonds is 7. The Morgan fingerprint density at radius 3 is 2.68 bits per heavy atom. The van der Waals surface area contributed by atoms with Gasteiger partial charge >= 0.3 is 6.03 Å². The Kier molecular flexibility index (Phi) is 6.00. The molecule has 0 aliphatic carbocycles. The van der Waals surface area contributed by atoms with Crippen molar-refractivity contribution in [3.05, 3.63) is 42.5 Å². The number of benzene rings is 1. The largest absolute Gasteiger partial charge is 0.337 e. The molecule has 2 heterocycles. The molecule has 1 aromatic carbocycles. The normalized spacial score (nSPS) is 15.9. The zero-order valence-electron chi connectivity index (χ0n) is 14.7. The summed E-state index contributed by atoms with van der Waals surface area (Å²) < 4.78 is 1.87. The lowest BCUT2D eigenvalue weighted by atomic mass is 10.2. The van der Waals surface area contributed by atoms with Crippen LogP contribution in [0.4, 0.5) is 4.79 Å². The number of hydrogen-bond acceptors (Lipinski definition) is 4. The Labute approximate surface area is 148 Å². The third kappa shape index (κ3) is 4.57. The molecule has 7 heteroatoms. The molecule has 1 atom stereocenters. The molecule has 0 radical (unpaired) electrons. The second-order valence-electron chi connectivity index (χ2n) is 6.32. The number of likely N-dealkylation sites (tertiary alicyclic amines) is 1. The highest BCUT2D eigenvalue weighted by atomic mass is 16.2. The van der Waals surface area contributed by atoms with Crippen molar-refractivity contribution < 1.29 is 4.79 Å². The molecule has 7 nitrogen and oxygen atoms in total. The van der Waals surface area contributed by atoms with Crippen LogP contribution in [0.5, 0.6) is 0 Å². The minimum Gasteiger partial charge on any atom is -0.337 e. The molecular formula is C18H26N6O. The van der Waals surface area contributed by atoms with E-state index in [1.165, 1.54) is 12.8 Å². The second kappa shape index (κ2) is 8.62. The van der Waals surface area contributed by atoms with E-state index in [2.05, 4.69) is 32.7 Å². The first kappa shape index (κ1) is 17.4. The molecule has 1 aromatic heterocycles. The molecule has 2 N–H and O–H groups in total. The number of amides is 2. The zero-order valence-corrected chi connectivity index (χ0v) is 14.7. The van der Waals surface area contributed by atoms with Crippen LogP contribution in [0.1, 0.15) is 32.0 Å². The van der Waals surface area contributed by atoms with Crippen LogP contribution >= 0.6 is 0 Å². The maximum absolute atomic E-state index is 12.1. The molecule has 1 saturated heterocycles. The van der Waals surface area contributed by atoms with E-state index in [-0.39, 0.29) is 6.03 Å². The number of urea groups is 1. The van der Waals surface area contributed by atoms with E-state index in [4.69, 9.17) is 0 Å². The van der Waals surface area contributed by atoms with Gasteiger partial charge in [-0.25, -0.2) is 4.79 Å². The highest BCUT2D eigenvalue weighted by Crippen LogP contribution is 2.13. The molecule has 3 rings (SSSR count). The van der Waals surface area contributed by atoms with Crippen LogP contribution in [0.3, 0.4) is 0 Å². The van der Waals surface area contributed by atoms with Crippen LogP contribution < -0.4 is 10.6 Å². The smallest absolute Gasteiger partial charge is 0.315 e. The Morgan fingerprint density at radius 2 is 1.96 bits per heavy atom. The molecule has 1 unspecified atom stereocenters. The van der Waals surface area contributed by atoms with Crippen molar-refractivity contribution in [3.8, 4) is 5.69 Å². The summed E-state index contributed by atoms with van der Waals surface area (Å²) in [6, 6.07) is 10.1. The minimum absolute atomic E-state index is 0.166. The van der Waals surface area contributed by atoms with Gasteiger partial charge in [0.05, 0.1) is 6.54 Å². The summed E-state index contributed by atoms with van der Waals surface area (Å²) in [4.78, 5) is 14.6. The first-order valence-corrected chi connectivity index (χ1v) is 8.98. The van der Waals surface area contributed by atoms with E-state index in [0.29, 0.717) is 25.0 Å². The van der Waals surface area contributed by atoms with Gasteiger partial charge in [-0.2, -0.15) is 0 Å². The van der Waals surface area contributed by atoms with Gasteiger partial charge < -0.3 is 10.6 Å². The standard InChI is InChI=1S/C18H26N6O/c1-2-15(23-10-6-7-11-23)12-19-18(25)20-13-17-22-21-14-24(17)16-8-4-3-5-9-16/h3-5,8-9,14-15H,2,6-7,10-13H2,1H3,(H2,19,20,25). The van der Waals surface area contributed by atoms with Gasteiger partial charge in [0.2, 0.25) is 0 Å². The fraction of sp³-hybridized carbons (Fsp3) is 0.500. The number of carbonyl (C=O) groups is 1. The highest BCUT2D eigenvalue weighted by Gasteiger charge is 2.20. The Morgan fingerprint density at radius 1 is 1.20 bits per heavy atom.